The molecular weight excluding hydrogens is 396 g/mol. The predicted octanol–water partition coefficient (Wildman–Crippen LogP) is 5.11. The molecule has 3 aromatic heterocycles. The van der Waals surface area contributed by atoms with Gasteiger partial charge in [0.05, 0.1) is 29.3 Å². The molecule has 6 nitrogen and oxygen atoms in total. The summed E-state index contributed by atoms with van der Waals surface area (Å²) in [6.45, 7) is 11.3. The molecule has 0 fully saturated rings. The van der Waals surface area contributed by atoms with E-state index in [-0.39, 0.29) is 0 Å². The molecule has 5 rings (SSSR count). The van der Waals surface area contributed by atoms with Crippen LogP contribution in [0.25, 0.3) is 22.5 Å². The third-order valence-electron chi connectivity index (χ3n) is 6.47. The molecule has 0 saturated carbocycles. The van der Waals surface area contributed by atoms with E-state index in [0.29, 0.717) is 5.92 Å². The van der Waals surface area contributed by atoms with E-state index in [0.717, 1.165) is 59.5 Å². The lowest BCUT2D eigenvalue weighted by Gasteiger charge is -2.31. The van der Waals surface area contributed by atoms with Crippen LogP contribution < -0.4 is 4.90 Å². The first kappa shape index (κ1) is 20.5. The van der Waals surface area contributed by atoms with Gasteiger partial charge < -0.3 is 14.0 Å². The molecule has 164 valence electrons. The smallest absolute Gasteiger partial charge is 0.106 e. The van der Waals surface area contributed by atoms with E-state index in [1.807, 2.05) is 26.2 Å². The molecule has 1 aromatic carbocycles. The zero-order valence-electron chi connectivity index (χ0n) is 19.5. The summed E-state index contributed by atoms with van der Waals surface area (Å²) in [5.74, 6) is 2.45. The topological polar surface area (TPSA) is 51.8 Å². The summed E-state index contributed by atoms with van der Waals surface area (Å²) in [7, 11) is 2.03. The van der Waals surface area contributed by atoms with Crippen molar-refractivity contribution < 1.29 is 0 Å². The van der Waals surface area contributed by atoms with Crippen LogP contribution in [0.5, 0.6) is 0 Å². The van der Waals surface area contributed by atoms with Crippen molar-refractivity contribution in [3.63, 3.8) is 0 Å². The SMILES string of the molecule is Cc1nc(-c2ccc(N3CCn4c(C)nc(-c5cccnc5C(C)C)c4C3)cc2)cn1C. The van der Waals surface area contributed by atoms with Crippen molar-refractivity contribution in [2.45, 2.75) is 46.7 Å². The molecule has 0 N–H and O–H groups in total. The van der Waals surface area contributed by atoms with Crippen LogP contribution in [0.4, 0.5) is 5.69 Å². The Bertz CT molecular complexity index is 1240. The minimum atomic E-state index is 0.353. The van der Waals surface area contributed by atoms with Crippen LogP contribution in [0.3, 0.4) is 0 Å². The Morgan fingerprint density at radius 2 is 1.72 bits per heavy atom. The van der Waals surface area contributed by atoms with Gasteiger partial charge in [-0.15, -0.1) is 0 Å². The highest BCUT2D eigenvalue weighted by molar-refractivity contribution is 5.67. The maximum absolute atomic E-state index is 4.98. The standard InChI is InChI=1S/C26H30N6/c1-17(2)25-22(7-6-12-27-25)26-24-16-31(13-14-32(24)19(4)29-26)21-10-8-20(9-11-21)23-15-30(5)18(3)28-23/h6-12,15,17H,13-14,16H2,1-5H3. The number of benzene rings is 1. The van der Waals surface area contributed by atoms with Crippen molar-refractivity contribution in [2.24, 2.45) is 7.05 Å². The third kappa shape index (κ3) is 3.49. The van der Waals surface area contributed by atoms with Gasteiger partial charge in [-0.25, -0.2) is 9.97 Å². The van der Waals surface area contributed by atoms with Gasteiger partial charge in [0.2, 0.25) is 0 Å². The molecule has 1 aliphatic heterocycles. The van der Waals surface area contributed by atoms with E-state index >= 15 is 0 Å². The van der Waals surface area contributed by atoms with Crippen LogP contribution in [0.2, 0.25) is 0 Å². The maximum Gasteiger partial charge on any atom is 0.106 e. The van der Waals surface area contributed by atoms with Crippen LogP contribution in [0.1, 0.15) is 42.8 Å². The highest BCUT2D eigenvalue weighted by Gasteiger charge is 2.25. The number of aromatic nitrogens is 5. The second kappa shape index (κ2) is 7.93. The molecule has 0 spiro atoms. The summed E-state index contributed by atoms with van der Waals surface area (Å²) in [4.78, 5) is 16.7. The number of aryl methyl sites for hydroxylation is 3. The minimum absolute atomic E-state index is 0.353. The quantitative estimate of drug-likeness (QED) is 0.455. The Labute approximate surface area is 189 Å². The highest BCUT2D eigenvalue weighted by Crippen LogP contribution is 2.34. The monoisotopic (exact) mass is 426 g/mol. The minimum Gasteiger partial charge on any atom is -0.364 e. The van der Waals surface area contributed by atoms with Gasteiger partial charge in [0.15, 0.2) is 0 Å². The van der Waals surface area contributed by atoms with Gasteiger partial charge >= 0.3 is 0 Å². The van der Waals surface area contributed by atoms with Crippen LogP contribution in [0, 0.1) is 13.8 Å². The molecule has 0 atom stereocenters. The number of rotatable bonds is 4. The summed E-state index contributed by atoms with van der Waals surface area (Å²) in [5, 5.41) is 0. The van der Waals surface area contributed by atoms with Gasteiger partial charge in [-0.05, 0) is 44.0 Å². The Morgan fingerprint density at radius 3 is 2.41 bits per heavy atom. The van der Waals surface area contributed by atoms with Gasteiger partial charge in [0.1, 0.15) is 11.6 Å². The number of hydrogen-bond donors (Lipinski definition) is 0. The largest absolute Gasteiger partial charge is 0.364 e. The first-order valence-corrected chi connectivity index (χ1v) is 11.3. The summed E-state index contributed by atoms with van der Waals surface area (Å²) in [6, 6.07) is 12.9. The summed E-state index contributed by atoms with van der Waals surface area (Å²) >= 11 is 0. The zero-order valence-corrected chi connectivity index (χ0v) is 19.5. The molecule has 4 aromatic rings. The lowest BCUT2D eigenvalue weighted by molar-refractivity contribution is 0.560. The average molecular weight is 427 g/mol. The fourth-order valence-corrected chi connectivity index (χ4v) is 4.60. The van der Waals surface area contributed by atoms with Crippen LogP contribution in [-0.2, 0) is 20.1 Å². The Hall–Kier alpha value is -3.41. The molecule has 0 bridgehead atoms. The lowest BCUT2D eigenvalue weighted by Crippen LogP contribution is -2.34. The van der Waals surface area contributed by atoms with Crippen molar-refractivity contribution >= 4 is 5.69 Å². The molecule has 0 aliphatic carbocycles. The van der Waals surface area contributed by atoms with Crippen molar-refractivity contribution in [2.75, 3.05) is 11.4 Å². The number of pyridine rings is 1. The summed E-state index contributed by atoms with van der Waals surface area (Å²) in [6.07, 6.45) is 3.96. The fourth-order valence-electron chi connectivity index (χ4n) is 4.60. The number of imidazole rings is 2. The Kier molecular flexibility index (Phi) is 5.08. The molecule has 0 radical (unpaired) electrons. The first-order chi connectivity index (χ1) is 15.4. The van der Waals surface area contributed by atoms with E-state index in [1.54, 1.807) is 0 Å². The molecule has 0 amide bonds. The van der Waals surface area contributed by atoms with Crippen molar-refractivity contribution in [3.8, 4) is 22.5 Å². The molecule has 4 heterocycles. The molecule has 6 heteroatoms. The van der Waals surface area contributed by atoms with E-state index in [4.69, 9.17) is 4.98 Å². The van der Waals surface area contributed by atoms with Gasteiger partial charge in [-0.2, -0.15) is 0 Å². The molecule has 32 heavy (non-hydrogen) atoms. The number of anilines is 1. The average Bonchev–Trinajstić information content (AvgIpc) is 3.32. The van der Waals surface area contributed by atoms with Gasteiger partial charge in [0.25, 0.3) is 0 Å². The van der Waals surface area contributed by atoms with Crippen LogP contribution in [0.15, 0.2) is 48.8 Å². The number of hydrogen-bond acceptors (Lipinski definition) is 4. The maximum atomic E-state index is 4.98. The van der Waals surface area contributed by atoms with Gasteiger partial charge in [0, 0.05) is 49.3 Å². The summed E-state index contributed by atoms with van der Waals surface area (Å²) < 4.78 is 4.43. The molecule has 1 aliphatic rings. The van der Waals surface area contributed by atoms with Gasteiger partial charge in [-0.3, -0.25) is 4.98 Å². The predicted molar refractivity (Wildman–Crippen MR) is 129 cm³/mol. The van der Waals surface area contributed by atoms with Crippen LogP contribution in [-0.4, -0.2) is 30.6 Å². The molecule has 0 saturated heterocycles. The fraction of sp³-hybridized carbons (Fsp3) is 0.346. The van der Waals surface area contributed by atoms with Crippen molar-refractivity contribution in [1.82, 2.24) is 24.1 Å². The number of nitrogens with zero attached hydrogens (tertiary/aromatic N) is 6. The van der Waals surface area contributed by atoms with Gasteiger partial charge in [-0.1, -0.05) is 26.0 Å². The van der Waals surface area contributed by atoms with E-state index in [9.17, 15) is 0 Å². The van der Waals surface area contributed by atoms with Crippen molar-refractivity contribution in [1.29, 1.82) is 0 Å². The Morgan fingerprint density at radius 1 is 0.938 bits per heavy atom. The lowest BCUT2D eigenvalue weighted by atomic mass is 10.00. The highest BCUT2D eigenvalue weighted by atomic mass is 15.2. The second-order valence-corrected chi connectivity index (χ2v) is 8.95. The normalized spacial score (nSPS) is 13.6. The van der Waals surface area contributed by atoms with E-state index < -0.39 is 0 Å². The number of fused-ring (bicyclic) bond motifs is 1. The van der Waals surface area contributed by atoms with E-state index in [1.165, 1.54) is 11.4 Å². The third-order valence-corrected chi connectivity index (χ3v) is 6.47. The molecule has 0 unspecified atom stereocenters. The molecular formula is C26H30N6. The zero-order chi connectivity index (χ0) is 22.4. The van der Waals surface area contributed by atoms with Crippen LogP contribution >= 0.6 is 0 Å². The van der Waals surface area contributed by atoms with E-state index in [2.05, 4.69) is 81.3 Å². The van der Waals surface area contributed by atoms with Crippen molar-refractivity contribution in [3.05, 3.63) is 71.8 Å². The summed E-state index contributed by atoms with van der Waals surface area (Å²) in [5.41, 5.74) is 8.00. The first-order valence-electron chi connectivity index (χ1n) is 11.3. The second-order valence-electron chi connectivity index (χ2n) is 8.95. The Balaban J connectivity index is 1.46.